The predicted octanol–water partition coefficient (Wildman–Crippen LogP) is 1.53. The van der Waals surface area contributed by atoms with Gasteiger partial charge in [0.25, 0.3) is 0 Å². The molecule has 17 heavy (non-hydrogen) atoms. The Hall–Kier alpha value is -0.120. The largest absolute Gasteiger partial charge is 0.329 e. The molecule has 2 N–H and O–H groups in total. The van der Waals surface area contributed by atoms with E-state index in [0.29, 0.717) is 5.54 Å². The zero-order valence-electron chi connectivity index (χ0n) is 11.6. The summed E-state index contributed by atoms with van der Waals surface area (Å²) in [5.41, 5.74) is 6.46. The molecule has 0 aliphatic carbocycles. The van der Waals surface area contributed by atoms with E-state index in [1.165, 1.54) is 58.4 Å². The Labute approximate surface area is 106 Å². The molecule has 3 nitrogen and oxygen atoms in total. The Morgan fingerprint density at radius 2 is 1.94 bits per heavy atom. The van der Waals surface area contributed by atoms with Crippen LogP contribution in [-0.4, -0.2) is 54.6 Å². The first-order valence-corrected chi connectivity index (χ1v) is 7.37. The maximum absolute atomic E-state index is 6.14. The van der Waals surface area contributed by atoms with Gasteiger partial charge in [-0.15, -0.1) is 0 Å². The molecule has 1 unspecified atom stereocenters. The van der Waals surface area contributed by atoms with Crippen LogP contribution in [0.25, 0.3) is 0 Å². The molecular formula is C14H29N3. The van der Waals surface area contributed by atoms with Crippen LogP contribution in [0.3, 0.4) is 0 Å². The van der Waals surface area contributed by atoms with Gasteiger partial charge in [0, 0.05) is 18.6 Å². The molecule has 0 bridgehead atoms. The van der Waals surface area contributed by atoms with Gasteiger partial charge in [0.15, 0.2) is 0 Å². The first kappa shape index (κ1) is 13.3. The highest BCUT2D eigenvalue weighted by molar-refractivity contribution is 4.97. The molecule has 2 heterocycles. The summed E-state index contributed by atoms with van der Waals surface area (Å²) < 4.78 is 0. The van der Waals surface area contributed by atoms with Crippen LogP contribution in [0.2, 0.25) is 0 Å². The van der Waals surface area contributed by atoms with Crippen molar-refractivity contribution in [2.45, 2.75) is 45.1 Å². The topological polar surface area (TPSA) is 32.5 Å². The lowest BCUT2D eigenvalue weighted by atomic mass is 9.83. The van der Waals surface area contributed by atoms with Crippen molar-refractivity contribution in [2.75, 3.05) is 39.3 Å². The highest BCUT2D eigenvalue weighted by atomic mass is 15.2. The summed E-state index contributed by atoms with van der Waals surface area (Å²) in [6, 6.07) is 0. The number of nitrogens with two attached hydrogens (primary N) is 1. The van der Waals surface area contributed by atoms with Gasteiger partial charge in [0.05, 0.1) is 0 Å². The van der Waals surface area contributed by atoms with E-state index in [1.54, 1.807) is 0 Å². The Kier molecular flexibility index (Phi) is 4.45. The van der Waals surface area contributed by atoms with E-state index in [1.807, 2.05) is 0 Å². The Morgan fingerprint density at radius 1 is 1.24 bits per heavy atom. The molecule has 2 saturated heterocycles. The van der Waals surface area contributed by atoms with E-state index in [0.717, 1.165) is 12.5 Å². The summed E-state index contributed by atoms with van der Waals surface area (Å²) in [5, 5.41) is 0. The molecule has 2 fully saturated rings. The molecule has 2 rings (SSSR count). The van der Waals surface area contributed by atoms with Gasteiger partial charge >= 0.3 is 0 Å². The molecule has 0 aromatic rings. The molecule has 3 heteroatoms. The number of hydrogen-bond acceptors (Lipinski definition) is 3. The normalized spacial score (nSPS) is 31.6. The molecular weight excluding hydrogens is 210 g/mol. The van der Waals surface area contributed by atoms with E-state index in [-0.39, 0.29) is 0 Å². The molecule has 2 aliphatic heterocycles. The molecule has 0 radical (unpaired) electrons. The molecule has 0 aromatic heterocycles. The number of likely N-dealkylation sites (tertiary alicyclic amines) is 2. The van der Waals surface area contributed by atoms with Crippen LogP contribution in [0.5, 0.6) is 0 Å². The maximum atomic E-state index is 6.14. The number of hydrogen-bond donors (Lipinski definition) is 1. The van der Waals surface area contributed by atoms with Gasteiger partial charge in [-0.2, -0.15) is 0 Å². The average molecular weight is 239 g/mol. The van der Waals surface area contributed by atoms with Crippen molar-refractivity contribution in [1.82, 2.24) is 9.80 Å². The minimum Gasteiger partial charge on any atom is -0.329 e. The van der Waals surface area contributed by atoms with Crippen molar-refractivity contribution < 1.29 is 0 Å². The number of rotatable bonds is 3. The van der Waals surface area contributed by atoms with E-state index in [4.69, 9.17) is 5.73 Å². The summed E-state index contributed by atoms with van der Waals surface area (Å²) in [6.45, 7) is 11.7. The molecule has 0 spiro atoms. The van der Waals surface area contributed by atoms with E-state index in [9.17, 15) is 0 Å². The zero-order valence-corrected chi connectivity index (χ0v) is 11.6. The van der Waals surface area contributed by atoms with E-state index < -0.39 is 0 Å². The third-order valence-corrected chi connectivity index (χ3v) is 4.94. The minimum absolute atomic E-state index is 0.320. The fraction of sp³-hybridized carbons (Fsp3) is 1.00. The van der Waals surface area contributed by atoms with Gasteiger partial charge in [-0.3, -0.25) is 4.90 Å². The molecule has 100 valence electrons. The fourth-order valence-electron chi connectivity index (χ4n) is 3.56. The number of nitrogens with zero attached hydrogens (tertiary/aromatic N) is 2. The van der Waals surface area contributed by atoms with Crippen molar-refractivity contribution in [3.8, 4) is 0 Å². The van der Waals surface area contributed by atoms with Crippen LogP contribution >= 0.6 is 0 Å². The summed E-state index contributed by atoms with van der Waals surface area (Å²) in [7, 11) is 0. The molecule has 0 amide bonds. The van der Waals surface area contributed by atoms with E-state index in [2.05, 4.69) is 23.6 Å². The highest BCUT2D eigenvalue weighted by Crippen LogP contribution is 2.31. The van der Waals surface area contributed by atoms with Crippen molar-refractivity contribution in [2.24, 2.45) is 11.7 Å². The van der Waals surface area contributed by atoms with Crippen LogP contribution in [0.1, 0.15) is 39.5 Å². The lowest BCUT2D eigenvalue weighted by Crippen LogP contribution is -2.61. The third-order valence-electron chi connectivity index (χ3n) is 4.94. The Balaban J connectivity index is 1.99. The van der Waals surface area contributed by atoms with Gasteiger partial charge < -0.3 is 10.6 Å². The second kappa shape index (κ2) is 5.68. The number of piperidine rings is 2. The predicted molar refractivity (Wildman–Crippen MR) is 73.1 cm³/mol. The maximum Gasteiger partial charge on any atom is 0.0356 e. The summed E-state index contributed by atoms with van der Waals surface area (Å²) >= 11 is 0. The van der Waals surface area contributed by atoms with Crippen LogP contribution in [-0.2, 0) is 0 Å². The monoisotopic (exact) mass is 239 g/mol. The van der Waals surface area contributed by atoms with Gasteiger partial charge in [0.2, 0.25) is 0 Å². The summed E-state index contributed by atoms with van der Waals surface area (Å²) in [5.74, 6) is 0.858. The van der Waals surface area contributed by atoms with Gasteiger partial charge in [-0.05, 0) is 57.8 Å². The summed E-state index contributed by atoms with van der Waals surface area (Å²) in [6.07, 6.45) is 5.30. The molecule has 0 aromatic carbocycles. The Bertz CT molecular complexity index is 234. The zero-order chi connectivity index (χ0) is 12.3. The van der Waals surface area contributed by atoms with Crippen LogP contribution in [0, 0.1) is 5.92 Å². The first-order chi connectivity index (χ1) is 8.20. The third kappa shape index (κ3) is 2.83. The highest BCUT2D eigenvalue weighted by Gasteiger charge is 2.39. The van der Waals surface area contributed by atoms with Crippen molar-refractivity contribution in [3.05, 3.63) is 0 Å². The average Bonchev–Trinajstić information content (AvgIpc) is 2.39. The Morgan fingerprint density at radius 3 is 2.47 bits per heavy atom. The molecule has 0 saturated carbocycles. The van der Waals surface area contributed by atoms with Crippen molar-refractivity contribution >= 4 is 0 Å². The lowest BCUT2D eigenvalue weighted by molar-refractivity contribution is 0.00270. The standard InChI is InChI=1S/C14H29N3/c1-3-16-9-6-14(12-15,7-10-16)17-8-4-5-13(2)11-17/h13H,3-12,15H2,1-2H3. The van der Waals surface area contributed by atoms with Crippen LogP contribution in [0.15, 0.2) is 0 Å². The van der Waals surface area contributed by atoms with E-state index >= 15 is 0 Å². The molecule has 2 aliphatic rings. The summed E-state index contributed by atoms with van der Waals surface area (Å²) in [4.78, 5) is 5.27. The van der Waals surface area contributed by atoms with Gasteiger partial charge in [-0.1, -0.05) is 13.8 Å². The minimum atomic E-state index is 0.320. The SMILES string of the molecule is CCN1CCC(CN)(N2CCCC(C)C2)CC1. The first-order valence-electron chi connectivity index (χ1n) is 7.37. The van der Waals surface area contributed by atoms with Gasteiger partial charge in [-0.25, -0.2) is 0 Å². The second-order valence-corrected chi connectivity index (χ2v) is 6.06. The smallest absolute Gasteiger partial charge is 0.0356 e. The lowest BCUT2D eigenvalue weighted by Gasteiger charge is -2.50. The van der Waals surface area contributed by atoms with Crippen molar-refractivity contribution in [1.29, 1.82) is 0 Å². The van der Waals surface area contributed by atoms with Crippen LogP contribution in [0.4, 0.5) is 0 Å². The quantitative estimate of drug-likeness (QED) is 0.811. The van der Waals surface area contributed by atoms with Crippen molar-refractivity contribution in [3.63, 3.8) is 0 Å². The van der Waals surface area contributed by atoms with Crippen LogP contribution < -0.4 is 5.73 Å². The second-order valence-electron chi connectivity index (χ2n) is 6.06. The van der Waals surface area contributed by atoms with Gasteiger partial charge in [0.1, 0.15) is 0 Å². The molecule has 1 atom stereocenters. The fourth-order valence-corrected chi connectivity index (χ4v) is 3.56.